The van der Waals surface area contributed by atoms with E-state index >= 15 is 0 Å². The summed E-state index contributed by atoms with van der Waals surface area (Å²) in [6.07, 6.45) is 3.89. The molecule has 0 atom stereocenters. The molecule has 2 heteroatoms. The van der Waals surface area contributed by atoms with Crippen LogP contribution in [0.5, 0.6) is 0 Å². The molecule has 0 aromatic rings. The average molecular weight is 202 g/mol. The van der Waals surface area contributed by atoms with E-state index in [1.165, 1.54) is 32.4 Å². The molecule has 1 heterocycles. The maximum atomic E-state index is 5.78. The molecular weight excluding hydrogens is 182 g/mol. The van der Waals surface area contributed by atoms with E-state index < -0.39 is 0 Å². The van der Waals surface area contributed by atoms with E-state index in [1.54, 1.807) is 0 Å². The largest absolute Gasteiger partial charge is 0.298 e. The normalized spacial score (nSPS) is 23.0. The van der Waals surface area contributed by atoms with Gasteiger partial charge >= 0.3 is 0 Å². The van der Waals surface area contributed by atoms with E-state index in [1.807, 2.05) is 0 Å². The van der Waals surface area contributed by atoms with Crippen molar-refractivity contribution >= 4 is 11.6 Å². The highest BCUT2D eigenvalue weighted by Gasteiger charge is 2.27. The second-order valence-electron chi connectivity index (χ2n) is 4.46. The van der Waals surface area contributed by atoms with Gasteiger partial charge in [0, 0.05) is 11.6 Å². The smallest absolute Gasteiger partial charge is 0.0335 e. The summed E-state index contributed by atoms with van der Waals surface area (Å²) in [5.41, 5.74) is 0.574. The summed E-state index contributed by atoms with van der Waals surface area (Å²) in [6, 6.07) is 0. The molecule has 0 aliphatic carbocycles. The van der Waals surface area contributed by atoms with Crippen LogP contribution < -0.4 is 0 Å². The predicted molar refractivity (Wildman–Crippen MR) is 59.1 cm³/mol. The van der Waals surface area contributed by atoms with Crippen LogP contribution in [0.4, 0.5) is 0 Å². The van der Waals surface area contributed by atoms with E-state index in [-0.39, 0.29) is 0 Å². The fourth-order valence-electron chi connectivity index (χ4n) is 1.85. The second kappa shape index (κ2) is 4.47. The molecule has 0 spiro atoms. The number of likely N-dealkylation sites (tertiary alicyclic amines) is 1. The Bertz CT molecular complexity index is 181. The summed E-state index contributed by atoms with van der Waals surface area (Å²) in [7, 11) is 0. The molecule has 0 aromatic heterocycles. The van der Waals surface area contributed by atoms with Gasteiger partial charge in [-0.2, -0.15) is 0 Å². The van der Waals surface area contributed by atoms with Crippen LogP contribution in [-0.2, 0) is 0 Å². The first-order chi connectivity index (χ1) is 6.06. The monoisotopic (exact) mass is 201 g/mol. The van der Waals surface area contributed by atoms with Crippen LogP contribution in [0, 0.1) is 5.41 Å². The molecular formula is C11H20ClN. The number of nitrogens with zero attached hydrogens (tertiary/aromatic N) is 1. The van der Waals surface area contributed by atoms with Gasteiger partial charge in [0.2, 0.25) is 0 Å². The van der Waals surface area contributed by atoms with E-state index in [0.29, 0.717) is 5.41 Å². The molecule has 0 saturated carbocycles. The zero-order chi connectivity index (χ0) is 9.90. The lowest BCUT2D eigenvalue weighted by molar-refractivity contribution is 0.123. The van der Waals surface area contributed by atoms with Crippen molar-refractivity contribution < 1.29 is 0 Å². The summed E-state index contributed by atoms with van der Waals surface area (Å²) >= 11 is 5.78. The second-order valence-corrected chi connectivity index (χ2v) is 4.99. The molecule has 0 aromatic carbocycles. The quantitative estimate of drug-likeness (QED) is 0.678. The number of piperidine rings is 1. The number of hydrogen-bond donors (Lipinski definition) is 0. The maximum Gasteiger partial charge on any atom is 0.0335 e. The highest BCUT2D eigenvalue weighted by molar-refractivity contribution is 6.29. The summed E-state index contributed by atoms with van der Waals surface area (Å²) in [6.45, 7) is 11.6. The first-order valence-corrected chi connectivity index (χ1v) is 5.49. The maximum absolute atomic E-state index is 5.78. The predicted octanol–water partition coefficient (Wildman–Crippen LogP) is 3.25. The van der Waals surface area contributed by atoms with Crippen molar-refractivity contribution in [3.63, 3.8) is 0 Å². The minimum absolute atomic E-state index is 0.574. The summed E-state index contributed by atoms with van der Waals surface area (Å²) < 4.78 is 0. The first-order valence-electron chi connectivity index (χ1n) is 5.11. The standard InChI is InChI=1S/C11H20ClN/c1-4-11(3)5-7-13(8-6-11)9-10(2)12/h2,4-9H2,1,3H3. The molecule has 0 amide bonds. The third-order valence-electron chi connectivity index (χ3n) is 3.31. The van der Waals surface area contributed by atoms with Gasteiger partial charge in [-0.1, -0.05) is 38.4 Å². The van der Waals surface area contributed by atoms with Crippen molar-refractivity contribution in [2.45, 2.75) is 33.1 Å². The van der Waals surface area contributed by atoms with Gasteiger partial charge in [0.25, 0.3) is 0 Å². The molecule has 0 radical (unpaired) electrons. The number of hydrogen-bond acceptors (Lipinski definition) is 1. The molecule has 1 fully saturated rings. The SMILES string of the molecule is C=C(Cl)CN1CCC(C)(CC)CC1. The van der Waals surface area contributed by atoms with Gasteiger partial charge in [0.1, 0.15) is 0 Å². The summed E-state index contributed by atoms with van der Waals surface area (Å²) in [5, 5.41) is 0.764. The average Bonchev–Trinajstić information content (AvgIpc) is 2.09. The molecule has 0 bridgehead atoms. The fourth-order valence-corrected chi connectivity index (χ4v) is 2.02. The number of rotatable bonds is 3. The highest BCUT2D eigenvalue weighted by Crippen LogP contribution is 2.33. The van der Waals surface area contributed by atoms with Crippen LogP contribution in [0.1, 0.15) is 33.1 Å². The molecule has 76 valence electrons. The van der Waals surface area contributed by atoms with Gasteiger partial charge in [0.15, 0.2) is 0 Å². The Hall–Kier alpha value is -0.0100. The van der Waals surface area contributed by atoms with E-state index in [2.05, 4.69) is 25.3 Å². The van der Waals surface area contributed by atoms with Crippen LogP contribution in [0.3, 0.4) is 0 Å². The molecule has 0 unspecified atom stereocenters. The zero-order valence-corrected chi connectivity index (χ0v) is 9.53. The summed E-state index contributed by atoms with van der Waals surface area (Å²) in [5.74, 6) is 0. The molecule has 1 aliphatic rings. The van der Waals surface area contributed by atoms with Crippen LogP contribution in [0.15, 0.2) is 11.6 Å². The minimum Gasteiger partial charge on any atom is -0.298 e. The number of halogens is 1. The van der Waals surface area contributed by atoms with Crippen LogP contribution in [0.2, 0.25) is 0 Å². The Balaban J connectivity index is 2.34. The Morgan fingerprint density at radius 1 is 1.46 bits per heavy atom. The zero-order valence-electron chi connectivity index (χ0n) is 8.77. The van der Waals surface area contributed by atoms with Crippen LogP contribution in [0.25, 0.3) is 0 Å². The van der Waals surface area contributed by atoms with Crippen LogP contribution >= 0.6 is 11.6 Å². The lowest BCUT2D eigenvalue weighted by atomic mass is 9.78. The third-order valence-corrected chi connectivity index (χ3v) is 3.43. The highest BCUT2D eigenvalue weighted by atomic mass is 35.5. The molecule has 1 nitrogen and oxygen atoms in total. The molecule has 0 N–H and O–H groups in total. The first kappa shape index (κ1) is 11.1. The molecule has 1 aliphatic heterocycles. The topological polar surface area (TPSA) is 3.24 Å². The van der Waals surface area contributed by atoms with Gasteiger partial charge < -0.3 is 0 Å². The van der Waals surface area contributed by atoms with E-state index in [0.717, 1.165) is 11.6 Å². The molecule has 1 saturated heterocycles. The van der Waals surface area contributed by atoms with Gasteiger partial charge in [-0.05, 0) is 31.3 Å². The van der Waals surface area contributed by atoms with Crippen LogP contribution in [-0.4, -0.2) is 24.5 Å². The van der Waals surface area contributed by atoms with Crippen molar-refractivity contribution in [1.29, 1.82) is 0 Å². The van der Waals surface area contributed by atoms with Crippen molar-refractivity contribution in [2.75, 3.05) is 19.6 Å². The molecule has 13 heavy (non-hydrogen) atoms. The summed E-state index contributed by atoms with van der Waals surface area (Å²) in [4.78, 5) is 2.40. The fraction of sp³-hybridized carbons (Fsp3) is 0.818. The van der Waals surface area contributed by atoms with Crippen molar-refractivity contribution in [2.24, 2.45) is 5.41 Å². The Morgan fingerprint density at radius 3 is 2.38 bits per heavy atom. The van der Waals surface area contributed by atoms with E-state index in [9.17, 15) is 0 Å². The Morgan fingerprint density at radius 2 is 2.00 bits per heavy atom. The van der Waals surface area contributed by atoms with Crippen molar-refractivity contribution in [3.05, 3.63) is 11.6 Å². The Kier molecular flexibility index (Phi) is 3.81. The minimum atomic E-state index is 0.574. The Labute approximate surface area is 86.8 Å². The van der Waals surface area contributed by atoms with E-state index in [4.69, 9.17) is 11.6 Å². The van der Waals surface area contributed by atoms with Gasteiger partial charge in [0.05, 0.1) is 0 Å². The van der Waals surface area contributed by atoms with Crippen molar-refractivity contribution in [3.8, 4) is 0 Å². The van der Waals surface area contributed by atoms with Gasteiger partial charge in [-0.25, -0.2) is 0 Å². The van der Waals surface area contributed by atoms with Crippen molar-refractivity contribution in [1.82, 2.24) is 4.90 Å². The van der Waals surface area contributed by atoms with Gasteiger partial charge in [-0.15, -0.1) is 0 Å². The third kappa shape index (κ3) is 3.32. The lowest BCUT2D eigenvalue weighted by Crippen LogP contribution is -2.38. The molecule has 1 rings (SSSR count). The lowest BCUT2D eigenvalue weighted by Gasteiger charge is -2.38. The van der Waals surface area contributed by atoms with Gasteiger partial charge in [-0.3, -0.25) is 4.90 Å².